The van der Waals surface area contributed by atoms with Gasteiger partial charge >= 0.3 is 0 Å². The minimum absolute atomic E-state index is 0.157. The maximum atomic E-state index is 12.2. The monoisotopic (exact) mass is 431 g/mol. The summed E-state index contributed by atoms with van der Waals surface area (Å²) in [7, 11) is 1.70. The summed E-state index contributed by atoms with van der Waals surface area (Å²) in [6, 6.07) is 20.6. The lowest BCUT2D eigenvalue weighted by Gasteiger charge is -2.18. The van der Waals surface area contributed by atoms with E-state index in [-0.39, 0.29) is 5.91 Å². The van der Waals surface area contributed by atoms with Gasteiger partial charge in [0.1, 0.15) is 10.1 Å². The highest BCUT2D eigenvalue weighted by Crippen LogP contribution is 2.43. The van der Waals surface area contributed by atoms with Crippen molar-refractivity contribution in [1.82, 2.24) is 5.32 Å². The summed E-state index contributed by atoms with van der Waals surface area (Å²) < 4.78 is 6.42. The first-order valence-corrected chi connectivity index (χ1v) is 10.8. The van der Waals surface area contributed by atoms with Crippen LogP contribution in [-0.4, -0.2) is 17.3 Å². The van der Waals surface area contributed by atoms with E-state index in [0.717, 1.165) is 44.7 Å². The average Bonchev–Trinajstić information content (AvgIpc) is 3.04. The van der Waals surface area contributed by atoms with Crippen molar-refractivity contribution in [3.63, 3.8) is 0 Å². The van der Waals surface area contributed by atoms with Gasteiger partial charge in [0.25, 0.3) is 5.91 Å². The number of rotatable bonds is 4. The molecule has 30 heavy (non-hydrogen) atoms. The third-order valence-electron chi connectivity index (χ3n) is 5.13. The summed E-state index contributed by atoms with van der Waals surface area (Å²) in [5.41, 5.74) is 7.43. The molecule has 1 N–H and O–H groups in total. The van der Waals surface area contributed by atoms with Gasteiger partial charge < -0.3 is 10.1 Å². The average molecular weight is 432 g/mol. The fourth-order valence-corrected chi connectivity index (χ4v) is 4.72. The van der Waals surface area contributed by atoms with Crippen LogP contribution in [0.25, 0.3) is 28.3 Å². The van der Waals surface area contributed by atoms with Crippen LogP contribution in [0.15, 0.2) is 65.6 Å². The fourth-order valence-electron chi connectivity index (χ4n) is 3.68. The molecule has 1 fully saturated rings. The SMILES string of the molecule is COc1c(-c2ccccc2C)cc(/C=C2\SC(=S)NC2=O)cc1-c1ccccc1C. The quantitative estimate of drug-likeness (QED) is 0.398. The largest absolute Gasteiger partial charge is 0.495 e. The van der Waals surface area contributed by atoms with Crippen LogP contribution in [0.5, 0.6) is 5.75 Å². The molecule has 0 radical (unpaired) electrons. The second kappa shape index (κ2) is 8.46. The van der Waals surface area contributed by atoms with Crippen LogP contribution in [0.3, 0.4) is 0 Å². The van der Waals surface area contributed by atoms with E-state index in [0.29, 0.717) is 9.23 Å². The third-order valence-corrected chi connectivity index (χ3v) is 6.29. The molecule has 0 bridgehead atoms. The van der Waals surface area contributed by atoms with Crippen LogP contribution < -0.4 is 10.1 Å². The van der Waals surface area contributed by atoms with E-state index >= 15 is 0 Å². The first kappa shape index (κ1) is 20.4. The van der Waals surface area contributed by atoms with Gasteiger partial charge in [-0.15, -0.1) is 0 Å². The second-order valence-corrected chi connectivity index (χ2v) is 8.85. The Morgan fingerprint density at radius 1 is 0.900 bits per heavy atom. The van der Waals surface area contributed by atoms with E-state index in [1.807, 2.05) is 30.3 Å². The smallest absolute Gasteiger partial charge is 0.263 e. The maximum absolute atomic E-state index is 12.2. The van der Waals surface area contributed by atoms with Gasteiger partial charge in [0.15, 0.2) is 0 Å². The number of hydrogen-bond acceptors (Lipinski definition) is 4. The summed E-state index contributed by atoms with van der Waals surface area (Å²) in [6.45, 7) is 4.18. The van der Waals surface area contributed by atoms with Crippen molar-refractivity contribution < 1.29 is 9.53 Å². The van der Waals surface area contributed by atoms with E-state index in [4.69, 9.17) is 17.0 Å². The number of nitrogens with one attached hydrogen (secondary N) is 1. The third kappa shape index (κ3) is 3.91. The highest BCUT2D eigenvalue weighted by Gasteiger charge is 2.23. The van der Waals surface area contributed by atoms with Crippen molar-refractivity contribution in [3.8, 4) is 28.0 Å². The fraction of sp³-hybridized carbons (Fsp3) is 0.120. The van der Waals surface area contributed by atoms with Crippen molar-refractivity contribution in [3.05, 3.63) is 82.3 Å². The molecule has 3 aromatic carbocycles. The van der Waals surface area contributed by atoms with Gasteiger partial charge in [0.05, 0.1) is 12.0 Å². The Morgan fingerprint density at radius 3 is 1.87 bits per heavy atom. The van der Waals surface area contributed by atoms with Gasteiger partial charge in [-0.2, -0.15) is 0 Å². The number of amides is 1. The minimum Gasteiger partial charge on any atom is -0.495 e. The molecule has 150 valence electrons. The first-order chi connectivity index (χ1) is 14.5. The van der Waals surface area contributed by atoms with Crippen molar-refractivity contribution in [2.24, 2.45) is 0 Å². The predicted octanol–water partition coefficient (Wildman–Crippen LogP) is 6.13. The molecule has 5 heteroatoms. The molecule has 4 rings (SSSR count). The predicted molar refractivity (Wildman–Crippen MR) is 130 cm³/mol. The molecule has 0 aliphatic carbocycles. The molecule has 3 nitrogen and oxygen atoms in total. The molecule has 3 aromatic rings. The van der Waals surface area contributed by atoms with Gasteiger partial charge in [-0.25, -0.2) is 0 Å². The van der Waals surface area contributed by atoms with Crippen LogP contribution in [0.1, 0.15) is 16.7 Å². The first-order valence-electron chi connectivity index (χ1n) is 9.57. The number of ether oxygens (including phenoxy) is 1. The summed E-state index contributed by atoms with van der Waals surface area (Å²) in [6.07, 6.45) is 1.89. The molecule has 0 aromatic heterocycles. The van der Waals surface area contributed by atoms with Gasteiger partial charge in [0.2, 0.25) is 0 Å². The van der Waals surface area contributed by atoms with Crippen LogP contribution >= 0.6 is 24.0 Å². The Bertz CT molecular complexity index is 1130. The minimum atomic E-state index is -0.157. The van der Waals surface area contributed by atoms with Gasteiger partial charge in [-0.3, -0.25) is 4.79 Å². The number of carbonyl (C=O) groups excluding carboxylic acids is 1. The highest BCUT2D eigenvalue weighted by molar-refractivity contribution is 8.26. The van der Waals surface area contributed by atoms with E-state index in [1.165, 1.54) is 11.8 Å². The Kier molecular flexibility index (Phi) is 5.75. The summed E-state index contributed by atoms with van der Waals surface area (Å²) in [5, 5.41) is 2.68. The van der Waals surface area contributed by atoms with Gasteiger partial charge in [-0.05, 0) is 59.9 Å². The zero-order chi connectivity index (χ0) is 21.3. The molecule has 1 amide bonds. The number of benzene rings is 3. The van der Waals surface area contributed by atoms with Crippen molar-refractivity contribution in [2.45, 2.75) is 13.8 Å². The van der Waals surface area contributed by atoms with E-state index in [2.05, 4.69) is 55.6 Å². The van der Waals surface area contributed by atoms with E-state index in [9.17, 15) is 4.79 Å². The number of carbonyl (C=O) groups is 1. The Balaban J connectivity index is 2.00. The lowest BCUT2D eigenvalue weighted by Crippen LogP contribution is -2.17. The van der Waals surface area contributed by atoms with Crippen molar-refractivity contribution in [1.29, 1.82) is 0 Å². The lowest BCUT2D eigenvalue weighted by molar-refractivity contribution is -0.115. The Hall–Kier alpha value is -2.89. The summed E-state index contributed by atoms with van der Waals surface area (Å²) in [5.74, 6) is 0.662. The molecular formula is C25H21NO2S2. The van der Waals surface area contributed by atoms with Gasteiger partial charge in [-0.1, -0.05) is 72.5 Å². The Morgan fingerprint density at radius 2 is 1.43 bits per heavy atom. The molecule has 0 atom stereocenters. The zero-order valence-corrected chi connectivity index (χ0v) is 18.6. The molecule has 1 saturated heterocycles. The normalized spacial score (nSPS) is 14.8. The van der Waals surface area contributed by atoms with Crippen molar-refractivity contribution >= 4 is 40.3 Å². The summed E-state index contributed by atoms with van der Waals surface area (Å²) >= 11 is 6.43. The molecular weight excluding hydrogens is 410 g/mol. The van der Waals surface area contributed by atoms with E-state index in [1.54, 1.807) is 7.11 Å². The molecule has 1 heterocycles. The van der Waals surface area contributed by atoms with Crippen LogP contribution in [0, 0.1) is 13.8 Å². The standard InChI is InChI=1S/C25H21NO2S2/c1-15-8-4-6-10-18(15)20-12-17(14-22-24(27)26-25(29)30-22)13-21(23(20)28-3)19-11-7-5-9-16(19)2/h4-14H,1-3H3,(H,26,27,29)/b22-14-. The molecule has 0 spiro atoms. The Labute approximate surface area is 186 Å². The highest BCUT2D eigenvalue weighted by atomic mass is 32.2. The summed E-state index contributed by atoms with van der Waals surface area (Å²) in [4.78, 5) is 12.8. The molecule has 0 unspecified atom stereocenters. The number of aryl methyl sites for hydroxylation is 2. The van der Waals surface area contributed by atoms with E-state index < -0.39 is 0 Å². The van der Waals surface area contributed by atoms with Crippen LogP contribution in [0.4, 0.5) is 0 Å². The number of hydrogen-bond donors (Lipinski definition) is 1. The molecule has 1 aliphatic rings. The maximum Gasteiger partial charge on any atom is 0.263 e. The lowest BCUT2D eigenvalue weighted by atomic mass is 9.91. The van der Waals surface area contributed by atoms with Crippen molar-refractivity contribution in [2.75, 3.05) is 7.11 Å². The molecule has 1 aliphatic heterocycles. The number of thioether (sulfide) groups is 1. The van der Waals surface area contributed by atoms with Gasteiger partial charge in [0, 0.05) is 11.1 Å². The second-order valence-electron chi connectivity index (χ2n) is 7.13. The topological polar surface area (TPSA) is 38.3 Å². The zero-order valence-electron chi connectivity index (χ0n) is 17.0. The van der Waals surface area contributed by atoms with Crippen LogP contribution in [0.2, 0.25) is 0 Å². The number of thiocarbonyl (C=S) groups is 1. The number of methoxy groups -OCH3 is 1. The van der Waals surface area contributed by atoms with Crippen LogP contribution in [-0.2, 0) is 4.79 Å². The molecule has 0 saturated carbocycles.